The van der Waals surface area contributed by atoms with Crippen LogP contribution in [0.2, 0.25) is 0 Å². The van der Waals surface area contributed by atoms with E-state index in [1.165, 1.54) is 11.8 Å². The lowest BCUT2D eigenvalue weighted by Crippen LogP contribution is -2.31. The Bertz CT molecular complexity index is 343. The molecule has 0 spiro atoms. The minimum absolute atomic E-state index is 0.0834. The summed E-state index contributed by atoms with van der Waals surface area (Å²) in [6.07, 6.45) is 7.12. The highest BCUT2D eigenvalue weighted by Crippen LogP contribution is 1.93. The van der Waals surface area contributed by atoms with Gasteiger partial charge in [-0.3, -0.25) is 4.79 Å². The molecular formula is C13H23N3O4. The fourth-order valence-electron chi connectivity index (χ4n) is 1.15. The molecule has 20 heavy (non-hydrogen) atoms. The van der Waals surface area contributed by atoms with Crippen LogP contribution in [0.5, 0.6) is 0 Å². The molecule has 0 rings (SSSR count). The van der Waals surface area contributed by atoms with Gasteiger partial charge in [0.2, 0.25) is 0 Å². The number of hydrogen-bond acceptors (Lipinski definition) is 6. The molecule has 0 saturated heterocycles. The molecule has 0 bridgehead atoms. The molecule has 0 aliphatic heterocycles. The molecule has 1 amide bonds. The fraction of sp³-hybridized carbons (Fsp3) is 0.538. The number of allylic oxidation sites excluding steroid dienone is 2. The van der Waals surface area contributed by atoms with Gasteiger partial charge < -0.3 is 25.4 Å². The number of carbonyl (C=O) groups excluding carboxylic acids is 2. The first-order valence-electron chi connectivity index (χ1n) is 6.34. The second-order valence-electron chi connectivity index (χ2n) is 3.90. The normalized spacial score (nSPS) is 10.8. The van der Waals surface area contributed by atoms with E-state index in [4.69, 9.17) is 15.2 Å². The third-order valence-electron chi connectivity index (χ3n) is 2.13. The Hall–Kier alpha value is -2.02. The number of nitrogens with two attached hydrogens (primary N) is 1. The van der Waals surface area contributed by atoms with Gasteiger partial charge in [0.1, 0.15) is 0 Å². The Balaban J connectivity index is 3.62. The molecule has 0 aromatic carbocycles. The molecule has 7 nitrogen and oxygen atoms in total. The van der Waals surface area contributed by atoms with Crippen LogP contribution >= 0.6 is 0 Å². The third kappa shape index (κ3) is 11.1. The number of rotatable bonds is 9. The van der Waals surface area contributed by atoms with E-state index in [0.29, 0.717) is 26.1 Å². The lowest BCUT2D eigenvalue weighted by molar-refractivity contribution is -0.141. The number of nitrogens with one attached hydrogen (secondary N) is 1. The van der Waals surface area contributed by atoms with E-state index in [2.05, 4.69) is 5.32 Å². The summed E-state index contributed by atoms with van der Waals surface area (Å²) in [5, 5.41) is 2.80. The maximum Gasteiger partial charge on any atom is 0.411 e. The topological polar surface area (TPSA) is 93.9 Å². The molecule has 0 radical (unpaired) electrons. The molecule has 0 heterocycles. The second kappa shape index (κ2) is 12.0. The molecule has 0 saturated carbocycles. The molecule has 0 aromatic rings. The summed E-state index contributed by atoms with van der Waals surface area (Å²) in [7, 11) is 1.62. The van der Waals surface area contributed by atoms with Crippen molar-refractivity contribution in [3.63, 3.8) is 0 Å². The number of esters is 1. The van der Waals surface area contributed by atoms with Gasteiger partial charge in [-0.25, -0.2) is 4.79 Å². The summed E-state index contributed by atoms with van der Waals surface area (Å²) in [5.41, 5.74) is 5.27. The molecule has 0 fully saturated rings. The van der Waals surface area contributed by atoms with Crippen molar-refractivity contribution < 1.29 is 19.1 Å². The minimum Gasteiger partial charge on any atom is -0.466 e. The van der Waals surface area contributed by atoms with E-state index in [1.54, 1.807) is 31.5 Å². The van der Waals surface area contributed by atoms with E-state index in [1.807, 2.05) is 0 Å². The number of carbonyl (C=O) groups is 2. The molecule has 0 aliphatic carbocycles. The van der Waals surface area contributed by atoms with Crippen LogP contribution < -0.4 is 11.1 Å². The zero-order chi connectivity index (χ0) is 15.2. The van der Waals surface area contributed by atoms with Gasteiger partial charge in [-0.05, 0) is 18.7 Å². The van der Waals surface area contributed by atoms with E-state index in [0.717, 1.165) is 0 Å². The van der Waals surface area contributed by atoms with Crippen molar-refractivity contribution in [1.29, 1.82) is 0 Å². The zero-order valence-corrected chi connectivity index (χ0v) is 12.0. The Labute approximate surface area is 119 Å². The Morgan fingerprint density at radius 1 is 1.30 bits per heavy atom. The van der Waals surface area contributed by atoms with Gasteiger partial charge in [-0.2, -0.15) is 0 Å². The summed E-state index contributed by atoms with van der Waals surface area (Å²) >= 11 is 0. The van der Waals surface area contributed by atoms with Crippen molar-refractivity contribution in [1.82, 2.24) is 10.2 Å². The van der Waals surface area contributed by atoms with Crippen molar-refractivity contribution in [3.8, 4) is 0 Å². The highest BCUT2D eigenvalue weighted by atomic mass is 16.6. The van der Waals surface area contributed by atoms with Crippen molar-refractivity contribution in [3.05, 3.63) is 24.4 Å². The van der Waals surface area contributed by atoms with Gasteiger partial charge in [0.25, 0.3) is 0 Å². The van der Waals surface area contributed by atoms with Crippen LogP contribution in [0.1, 0.15) is 13.3 Å². The molecular weight excluding hydrogens is 262 g/mol. The van der Waals surface area contributed by atoms with Gasteiger partial charge in [0.15, 0.2) is 6.73 Å². The Morgan fingerprint density at radius 3 is 2.70 bits per heavy atom. The van der Waals surface area contributed by atoms with Crippen LogP contribution in [0, 0.1) is 0 Å². The average molecular weight is 285 g/mol. The van der Waals surface area contributed by atoms with Gasteiger partial charge >= 0.3 is 12.1 Å². The van der Waals surface area contributed by atoms with Gasteiger partial charge in [0.05, 0.1) is 6.61 Å². The summed E-state index contributed by atoms with van der Waals surface area (Å²) in [5.74, 6) is -0.324. The van der Waals surface area contributed by atoms with Crippen LogP contribution in [-0.4, -0.2) is 50.4 Å². The Morgan fingerprint density at radius 2 is 2.05 bits per heavy atom. The molecule has 0 aliphatic rings. The highest BCUT2D eigenvalue weighted by Gasteiger charge is 2.08. The van der Waals surface area contributed by atoms with Crippen molar-refractivity contribution in [2.45, 2.75) is 13.3 Å². The number of amides is 1. The summed E-state index contributed by atoms with van der Waals surface area (Å²) in [4.78, 5) is 23.5. The first-order valence-corrected chi connectivity index (χ1v) is 6.34. The van der Waals surface area contributed by atoms with Crippen molar-refractivity contribution >= 4 is 12.1 Å². The van der Waals surface area contributed by atoms with Gasteiger partial charge in [-0.15, -0.1) is 0 Å². The Kier molecular flexibility index (Phi) is 10.8. The average Bonchev–Trinajstić information content (AvgIpc) is 2.41. The van der Waals surface area contributed by atoms with E-state index >= 15 is 0 Å². The number of hydrogen-bond donors (Lipinski definition) is 2. The first-order chi connectivity index (χ1) is 9.57. The quantitative estimate of drug-likeness (QED) is 0.279. The second-order valence-corrected chi connectivity index (χ2v) is 3.90. The highest BCUT2D eigenvalue weighted by molar-refractivity contribution is 5.67. The van der Waals surface area contributed by atoms with Gasteiger partial charge in [-0.1, -0.05) is 12.2 Å². The molecule has 0 atom stereocenters. The number of nitrogens with zero attached hydrogens (tertiary/aromatic N) is 1. The van der Waals surface area contributed by atoms with Crippen LogP contribution in [0.15, 0.2) is 24.4 Å². The van der Waals surface area contributed by atoms with E-state index < -0.39 is 6.09 Å². The lowest BCUT2D eigenvalue weighted by atomic mass is 10.4. The van der Waals surface area contributed by atoms with Crippen LogP contribution in [0.4, 0.5) is 4.79 Å². The van der Waals surface area contributed by atoms with Crippen LogP contribution in [-0.2, 0) is 14.3 Å². The third-order valence-corrected chi connectivity index (χ3v) is 2.13. The predicted octanol–water partition coefficient (Wildman–Crippen LogP) is 0.584. The SMILES string of the molecule is CC(=O)OCCCN(C)C(=O)OCN/C=C\C=C/CN. The summed E-state index contributed by atoms with van der Waals surface area (Å²) in [6, 6.07) is 0. The largest absolute Gasteiger partial charge is 0.466 e. The summed E-state index contributed by atoms with van der Waals surface area (Å²) in [6.45, 7) is 2.67. The molecule has 0 aromatic heterocycles. The van der Waals surface area contributed by atoms with Crippen LogP contribution in [0.3, 0.4) is 0 Å². The van der Waals surface area contributed by atoms with E-state index in [-0.39, 0.29) is 12.7 Å². The van der Waals surface area contributed by atoms with Crippen molar-refractivity contribution in [2.24, 2.45) is 5.73 Å². The lowest BCUT2D eigenvalue weighted by Gasteiger charge is -2.16. The molecule has 114 valence electrons. The standard InChI is InChI=1S/C13H23N3O4/c1-12(17)19-10-6-9-16(2)13(18)20-11-15-8-5-3-4-7-14/h3-5,8,15H,6-7,9-11,14H2,1-2H3/b4-3-,8-5-. The first kappa shape index (κ1) is 18.0. The molecule has 7 heteroatoms. The fourth-order valence-corrected chi connectivity index (χ4v) is 1.15. The van der Waals surface area contributed by atoms with Crippen molar-refractivity contribution in [2.75, 3.05) is 33.5 Å². The number of ether oxygens (including phenoxy) is 2. The zero-order valence-electron chi connectivity index (χ0n) is 12.0. The smallest absolute Gasteiger partial charge is 0.411 e. The molecule has 0 unspecified atom stereocenters. The maximum atomic E-state index is 11.5. The van der Waals surface area contributed by atoms with E-state index in [9.17, 15) is 9.59 Å². The predicted molar refractivity (Wildman–Crippen MR) is 75.7 cm³/mol. The maximum absolute atomic E-state index is 11.5. The monoisotopic (exact) mass is 285 g/mol. The minimum atomic E-state index is -0.439. The molecule has 3 N–H and O–H groups in total. The van der Waals surface area contributed by atoms with Crippen LogP contribution in [0.25, 0.3) is 0 Å². The van der Waals surface area contributed by atoms with Gasteiger partial charge in [0, 0.05) is 27.1 Å². The summed E-state index contributed by atoms with van der Waals surface area (Å²) < 4.78 is 9.72.